The Morgan fingerprint density at radius 2 is 2.16 bits per heavy atom. The molecule has 1 aliphatic carbocycles. The van der Waals surface area contributed by atoms with Crippen molar-refractivity contribution >= 4 is 18.0 Å². The molecule has 0 unspecified atom stereocenters. The van der Waals surface area contributed by atoms with E-state index in [4.69, 9.17) is 8.37 Å². The van der Waals surface area contributed by atoms with E-state index in [1.54, 1.807) is 29.9 Å². The van der Waals surface area contributed by atoms with E-state index >= 15 is 0 Å². The summed E-state index contributed by atoms with van der Waals surface area (Å²) in [6.45, 7) is 4.18. The van der Waals surface area contributed by atoms with Crippen molar-refractivity contribution in [3.05, 3.63) is 46.4 Å². The molecule has 130 valence electrons. The fourth-order valence-electron chi connectivity index (χ4n) is 2.61. The van der Waals surface area contributed by atoms with Gasteiger partial charge in [0, 0.05) is 18.6 Å². The molecule has 0 saturated heterocycles. The molecule has 0 aliphatic heterocycles. The summed E-state index contributed by atoms with van der Waals surface area (Å²) < 4.78 is 13.9. The van der Waals surface area contributed by atoms with Crippen LogP contribution >= 0.6 is 12.3 Å². The molecule has 1 aliphatic rings. The highest BCUT2D eigenvalue weighted by atomic mass is 32.2. The van der Waals surface area contributed by atoms with Gasteiger partial charge < -0.3 is 4.18 Å². The van der Waals surface area contributed by atoms with E-state index in [0.717, 1.165) is 30.7 Å². The van der Waals surface area contributed by atoms with E-state index in [9.17, 15) is 4.79 Å². The Kier molecular flexibility index (Phi) is 4.18. The molecule has 0 N–H and O–H groups in total. The van der Waals surface area contributed by atoms with Crippen LogP contribution in [0.1, 0.15) is 37.1 Å². The molecule has 1 fully saturated rings. The predicted molar refractivity (Wildman–Crippen MR) is 92.9 cm³/mol. The van der Waals surface area contributed by atoms with Crippen molar-refractivity contribution in [3.63, 3.8) is 0 Å². The SMILES string of the molecule is CCOSOc1cc(C2CC2)cnc1-n1ccn2c(C)nnc2c1=O. The molecule has 0 atom stereocenters. The molecule has 0 amide bonds. The maximum Gasteiger partial charge on any atom is 0.301 e. The monoisotopic (exact) mass is 359 g/mol. The molecule has 25 heavy (non-hydrogen) atoms. The Balaban J connectivity index is 1.80. The van der Waals surface area contributed by atoms with Crippen LogP contribution in [-0.2, 0) is 4.18 Å². The molecule has 1 saturated carbocycles. The number of hydrogen-bond donors (Lipinski definition) is 0. The molecule has 0 radical (unpaired) electrons. The number of aromatic nitrogens is 5. The minimum absolute atomic E-state index is 0.247. The topological polar surface area (TPSA) is 83.5 Å². The molecule has 9 heteroatoms. The Morgan fingerprint density at radius 3 is 2.92 bits per heavy atom. The number of pyridine rings is 1. The molecule has 0 aromatic carbocycles. The van der Waals surface area contributed by atoms with Gasteiger partial charge in [0.2, 0.25) is 18.0 Å². The van der Waals surface area contributed by atoms with Crippen molar-refractivity contribution in [2.75, 3.05) is 6.61 Å². The van der Waals surface area contributed by atoms with Crippen molar-refractivity contribution in [3.8, 4) is 11.6 Å². The summed E-state index contributed by atoms with van der Waals surface area (Å²) in [7, 11) is 0. The summed E-state index contributed by atoms with van der Waals surface area (Å²) in [5.74, 6) is 2.08. The van der Waals surface area contributed by atoms with Crippen molar-refractivity contribution in [2.45, 2.75) is 32.6 Å². The second-order valence-electron chi connectivity index (χ2n) is 5.84. The third-order valence-corrected chi connectivity index (χ3v) is 4.64. The van der Waals surface area contributed by atoms with Crippen LogP contribution in [0, 0.1) is 6.92 Å². The zero-order valence-electron chi connectivity index (χ0n) is 13.9. The molecule has 0 spiro atoms. The van der Waals surface area contributed by atoms with Gasteiger partial charge in [-0.3, -0.25) is 17.9 Å². The summed E-state index contributed by atoms with van der Waals surface area (Å²) in [6, 6.07) is 1.93. The Labute approximate surface area is 148 Å². The summed E-state index contributed by atoms with van der Waals surface area (Å²) >= 11 is 0.881. The lowest BCUT2D eigenvalue weighted by atomic mass is 10.2. The van der Waals surface area contributed by atoms with Crippen molar-refractivity contribution in [1.29, 1.82) is 0 Å². The van der Waals surface area contributed by atoms with E-state index in [-0.39, 0.29) is 11.2 Å². The first-order valence-corrected chi connectivity index (χ1v) is 8.75. The first kappa shape index (κ1) is 16.1. The first-order valence-electron chi connectivity index (χ1n) is 8.08. The van der Waals surface area contributed by atoms with Gasteiger partial charge in [0.15, 0.2) is 11.6 Å². The number of nitrogens with zero attached hydrogens (tertiary/aromatic N) is 5. The van der Waals surface area contributed by atoms with E-state index in [1.165, 1.54) is 4.57 Å². The normalized spacial score (nSPS) is 14.2. The van der Waals surface area contributed by atoms with Crippen LogP contribution in [-0.4, -0.2) is 30.8 Å². The highest BCUT2D eigenvalue weighted by Gasteiger charge is 2.26. The van der Waals surface area contributed by atoms with Gasteiger partial charge in [-0.15, -0.1) is 10.2 Å². The average molecular weight is 359 g/mol. The summed E-state index contributed by atoms with van der Waals surface area (Å²) in [5.41, 5.74) is 1.06. The number of fused-ring (bicyclic) bond motifs is 1. The maximum atomic E-state index is 12.8. The lowest BCUT2D eigenvalue weighted by Gasteiger charge is -2.12. The molecular weight excluding hydrogens is 342 g/mol. The van der Waals surface area contributed by atoms with Crippen LogP contribution in [0.25, 0.3) is 11.5 Å². The summed E-state index contributed by atoms with van der Waals surface area (Å²) in [5, 5.41) is 7.89. The van der Waals surface area contributed by atoms with Crippen molar-refractivity contribution in [2.24, 2.45) is 0 Å². The summed E-state index contributed by atoms with van der Waals surface area (Å²) in [6.07, 6.45) is 7.50. The standard InChI is InChI=1S/C16H17N5O3S/c1-3-23-25-24-13-8-12(11-4-5-11)9-17-14(13)21-7-6-20-10(2)18-19-15(20)16(21)22/h6-9,11H,3-5H2,1-2H3. The molecular formula is C16H17N5O3S. The maximum absolute atomic E-state index is 12.8. The number of aryl methyl sites for hydroxylation is 1. The van der Waals surface area contributed by atoms with Gasteiger partial charge in [0.1, 0.15) is 5.82 Å². The predicted octanol–water partition coefficient (Wildman–Crippen LogP) is 2.44. The van der Waals surface area contributed by atoms with Crippen LogP contribution in [0.3, 0.4) is 0 Å². The molecule has 8 nitrogen and oxygen atoms in total. The largest absolute Gasteiger partial charge is 0.396 e. The molecule has 4 rings (SSSR count). The third-order valence-electron chi connectivity index (χ3n) is 4.06. The first-order chi connectivity index (χ1) is 12.2. The van der Waals surface area contributed by atoms with Gasteiger partial charge >= 0.3 is 5.56 Å². The van der Waals surface area contributed by atoms with E-state index < -0.39 is 0 Å². The molecule has 0 bridgehead atoms. The van der Waals surface area contributed by atoms with Crippen LogP contribution in [0.4, 0.5) is 0 Å². The van der Waals surface area contributed by atoms with Crippen LogP contribution in [0.2, 0.25) is 0 Å². The van der Waals surface area contributed by atoms with Crippen LogP contribution in [0.15, 0.2) is 29.5 Å². The quantitative estimate of drug-likeness (QED) is 0.494. The van der Waals surface area contributed by atoms with Crippen molar-refractivity contribution in [1.82, 2.24) is 24.1 Å². The second kappa shape index (κ2) is 6.49. The Bertz CT molecular complexity index is 980. The van der Waals surface area contributed by atoms with Gasteiger partial charge in [0.05, 0.1) is 6.61 Å². The van der Waals surface area contributed by atoms with Gasteiger partial charge in [-0.05, 0) is 44.2 Å². The lowest BCUT2D eigenvalue weighted by Crippen LogP contribution is -2.21. The van der Waals surface area contributed by atoms with E-state index in [1.807, 2.05) is 13.0 Å². The molecule has 3 aromatic heterocycles. The van der Waals surface area contributed by atoms with Gasteiger partial charge in [0.25, 0.3) is 0 Å². The van der Waals surface area contributed by atoms with Gasteiger partial charge in [-0.1, -0.05) is 0 Å². The molecule has 3 heterocycles. The average Bonchev–Trinajstić information content (AvgIpc) is 3.40. The second-order valence-corrected chi connectivity index (χ2v) is 6.38. The van der Waals surface area contributed by atoms with Crippen molar-refractivity contribution < 1.29 is 8.37 Å². The van der Waals surface area contributed by atoms with Gasteiger partial charge in [-0.25, -0.2) is 4.98 Å². The Morgan fingerprint density at radius 1 is 1.32 bits per heavy atom. The zero-order valence-corrected chi connectivity index (χ0v) is 14.7. The number of hydrogen-bond acceptors (Lipinski definition) is 7. The van der Waals surface area contributed by atoms with Gasteiger partial charge in [-0.2, -0.15) is 0 Å². The Hall–Kier alpha value is -2.39. The third kappa shape index (κ3) is 3.00. The lowest BCUT2D eigenvalue weighted by molar-refractivity contribution is 0.369. The van der Waals surface area contributed by atoms with E-state index in [0.29, 0.717) is 29.9 Å². The van der Waals surface area contributed by atoms with E-state index in [2.05, 4.69) is 15.2 Å². The number of rotatable bonds is 6. The highest BCUT2D eigenvalue weighted by molar-refractivity contribution is 7.90. The fourth-order valence-corrected chi connectivity index (χ4v) is 2.95. The minimum atomic E-state index is -0.305. The smallest absolute Gasteiger partial charge is 0.301 e. The van der Waals surface area contributed by atoms with Crippen LogP contribution in [0.5, 0.6) is 5.75 Å². The summed E-state index contributed by atoms with van der Waals surface area (Å²) in [4.78, 5) is 17.2. The fraction of sp³-hybridized carbons (Fsp3) is 0.375. The van der Waals surface area contributed by atoms with Crippen LogP contribution < -0.4 is 9.74 Å². The minimum Gasteiger partial charge on any atom is -0.396 e. The molecule has 3 aromatic rings. The zero-order chi connectivity index (χ0) is 17.4. The highest BCUT2D eigenvalue weighted by Crippen LogP contribution is 2.41.